The number of nitrogens with one attached hydrogen (secondary N) is 1. The third-order valence-corrected chi connectivity index (χ3v) is 3.56. The van der Waals surface area contributed by atoms with Crippen molar-refractivity contribution in [3.63, 3.8) is 0 Å². The van der Waals surface area contributed by atoms with Crippen LogP contribution in [0.25, 0.3) is 0 Å². The molecule has 0 aliphatic carbocycles. The fourth-order valence-electron chi connectivity index (χ4n) is 1.92. The minimum Gasteiger partial charge on any atom is -0.496 e. The fraction of sp³-hybridized carbons (Fsp3) is 0.133. The first-order valence-corrected chi connectivity index (χ1v) is 6.70. The van der Waals surface area contributed by atoms with Crippen LogP contribution in [0.4, 0.5) is 11.4 Å². The molecule has 7 heteroatoms. The number of ether oxygens (including phenoxy) is 1. The van der Waals surface area contributed by atoms with Gasteiger partial charge in [-0.2, -0.15) is 0 Å². The predicted molar refractivity (Wildman–Crippen MR) is 83.8 cm³/mol. The van der Waals surface area contributed by atoms with Gasteiger partial charge in [0.05, 0.1) is 17.6 Å². The molecule has 0 bridgehead atoms. The first-order chi connectivity index (χ1) is 10.4. The van der Waals surface area contributed by atoms with Gasteiger partial charge in [-0.3, -0.25) is 14.9 Å². The molecule has 1 amide bonds. The van der Waals surface area contributed by atoms with Crippen LogP contribution >= 0.6 is 11.6 Å². The molecule has 0 aliphatic heterocycles. The van der Waals surface area contributed by atoms with Gasteiger partial charge in [0.25, 0.3) is 11.6 Å². The van der Waals surface area contributed by atoms with Crippen molar-refractivity contribution in [2.75, 3.05) is 12.4 Å². The first-order valence-electron chi connectivity index (χ1n) is 6.33. The smallest absolute Gasteiger partial charge is 0.270 e. The third-order valence-electron chi connectivity index (χ3n) is 3.15. The molecule has 0 saturated heterocycles. The van der Waals surface area contributed by atoms with Crippen molar-refractivity contribution in [3.05, 3.63) is 62.7 Å². The standard InChI is InChI=1S/C15H13ClN2O4/c1-9-12(16)4-3-5-13(9)17-15(19)11-8-10(18(20)21)6-7-14(11)22-2/h3-8H,1-2H3,(H,17,19). The normalized spacial score (nSPS) is 10.1. The second-order valence-electron chi connectivity index (χ2n) is 4.51. The number of carbonyl (C=O) groups excluding carboxylic acids is 1. The van der Waals surface area contributed by atoms with E-state index >= 15 is 0 Å². The van der Waals surface area contributed by atoms with Crippen molar-refractivity contribution in [3.8, 4) is 5.75 Å². The Morgan fingerprint density at radius 3 is 2.68 bits per heavy atom. The molecule has 2 rings (SSSR count). The van der Waals surface area contributed by atoms with Crippen LogP contribution < -0.4 is 10.1 Å². The second kappa shape index (κ2) is 6.44. The Balaban J connectivity index is 2.38. The summed E-state index contributed by atoms with van der Waals surface area (Å²) in [5, 5.41) is 14.0. The molecular weight excluding hydrogens is 308 g/mol. The SMILES string of the molecule is COc1ccc([N+](=O)[O-])cc1C(=O)Nc1cccc(Cl)c1C. The van der Waals surface area contributed by atoms with Gasteiger partial charge in [0.15, 0.2) is 0 Å². The zero-order valence-corrected chi connectivity index (χ0v) is 12.7. The van der Waals surface area contributed by atoms with E-state index in [9.17, 15) is 14.9 Å². The van der Waals surface area contributed by atoms with Crippen molar-refractivity contribution in [2.45, 2.75) is 6.92 Å². The molecule has 2 aromatic rings. The van der Waals surface area contributed by atoms with Crippen molar-refractivity contribution < 1.29 is 14.5 Å². The molecule has 2 aromatic carbocycles. The summed E-state index contributed by atoms with van der Waals surface area (Å²) < 4.78 is 5.08. The maximum atomic E-state index is 12.4. The Morgan fingerprint density at radius 2 is 2.05 bits per heavy atom. The lowest BCUT2D eigenvalue weighted by Crippen LogP contribution is -2.14. The van der Waals surface area contributed by atoms with Crippen LogP contribution in [0.1, 0.15) is 15.9 Å². The summed E-state index contributed by atoms with van der Waals surface area (Å²) in [7, 11) is 1.39. The number of nitrogens with zero attached hydrogens (tertiary/aromatic N) is 1. The van der Waals surface area contributed by atoms with Gasteiger partial charge in [0.2, 0.25) is 0 Å². The van der Waals surface area contributed by atoms with Crippen LogP contribution in [0.2, 0.25) is 5.02 Å². The molecule has 0 aliphatic rings. The number of methoxy groups -OCH3 is 1. The number of hydrogen-bond donors (Lipinski definition) is 1. The van der Waals surface area contributed by atoms with E-state index in [1.54, 1.807) is 25.1 Å². The highest BCUT2D eigenvalue weighted by molar-refractivity contribution is 6.31. The van der Waals surface area contributed by atoms with E-state index in [0.717, 1.165) is 0 Å². The summed E-state index contributed by atoms with van der Waals surface area (Å²) in [4.78, 5) is 22.7. The maximum Gasteiger partial charge on any atom is 0.270 e. The van der Waals surface area contributed by atoms with Gasteiger partial charge in [0, 0.05) is 22.8 Å². The van der Waals surface area contributed by atoms with Crippen LogP contribution in [0, 0.1) is 17.0 Å². The minimum atomic E-state index is -0.569. The molecule has 114 valence electrons. The number of halogens is 1. The number of hydrogen-bond acceptors (Lipinski definition) is 4. The molecule has 0 heterocycles. The molecule has 0 atom stereocenters. The Bertz CT molecular complexity index is 746. The summed E-state index contributed by atoms with van der Waals surface area (Å²) in [6.07, 6.45) is 0. The quantitative estimate of drug-likeness (QED) is 0.686. The largest absolute Gasteiger partial charge is 0.496 e. The zero-order valence-electron chi connectivity index (χ0n) is 11.9. The highest BCUT2D eigenvalue weighted by Crippen LogP contribution is 2.27. The van der Waals surface area contributed by atoms with E-state index in [1.165, 1.54) is 25.3 Å². The van der Waals surface area contributed by atoms with Crippen molar-refractivity contribution in [2.24, 2.45) is 0 Å². The summed E-state index contributed by atoms with van der Waals surface area (Å²) >= 11 is 6.00. The van der Waals surface area contributed by atoms with E-state index in [2.05, 4.69) is 5.32 Å². The van der Waals surface area contributed by atoms with E-state index < -0.39 is 10.8 Å². The van der Waals surface area contributed by atoms with Crippen LogP contribution in [-0.4, -0.2) is 17.9 Å². The highest BCUT2D eigenvalue weighted by Gasteiger charge is 2.18. The highest BCUT2D eigenvalue weighted by atomic mass is 35.5. The Labute approximate surface area is 131 Å². The van der Waals surface area contributed by atoms with Crippen LogP contribution in [0.3, 0.4) is 0 Å². The number of benzene rings is 2. The van der Waals surface area contributed by atoms with Crippen molar-refractivity contribution in [1.82, 2.24) is 0 Å². The molecule has 6 nitrogen and oxygen atoms in total. The summed E-state index contributed by atoms with van der Waals surface area (Å²) in [6.45, 7) is 1.77. The molecule has 0 fully saturated rings. The van der Waals surface area contributed by atoms with Crippen molar-refractivity contribution in [1.29, 1.82) is 0 Å². The van der Waals surface area contributed by atoms with Crippen LogP contribution in [0.15, 0.2) is 36.4 Å². The Morgan fingerprint density at radius 1 is 1.32 bits per heavy atom. The van der Waals surface area contributed by atoms with Gasteiger partial charge in [-0.15, -0.1) is 0 Å². The molecule has 22 heavy (non-hydrogen) atoms. The maximum absolute atomic E-state index is 12.4. The number of anilines is 1. The lowest BCUT2D eigenvalue weighted by atomic mass is 10.1. The zero-order chi connectivity index (χ0) is 16.3. The summed E-state index contributed by atoms with van der Waals surface area (Å²) in [6, 6.07) is 8.95. The van der Waals surface area contributed by atoms with E-state index in [0.29, 0.717) is 16.3 Å². The predicted octanol–water partition coefficient (Wildman–Crippen LogP) is 3.82. The molecular formula is C15H13ClN2O4. The lowest BCUT2D eigenvalue weighted by Gasteiger charge is -2.11. The molecule has 0 unspecified atom stereocenters. The number of nitro benzene ring substituents is 1. The molecule has 0 spiro atoms. The number of rotatable bonds is 4. The van der Waals surface area contributed by atoms with E-state index in [-0.39, 0.29) is 17.0 Å². The number of nitro groups is 1. The average Bonchev–Trinajstić information content (AvgIpc) is 2.51. The topological polar surface area (TPSA) is 81.5 Å². The molecule has 0 saturated carbocycles. The minimum absolute atomic E-state index is 0.0797. The van der Waals surface area contributed by atoms with Gasteiger partial charge in [-0.1, -0.05) is 17.7 Å². The van der Waals surface area contributed by atoms with Crippen molar-refractivity contribution >= 4 is 28.9 Å². The van der Waals surface area contributed by atoms with Gasteiger partial charge in [-0.05, 0) is 30.7 Å². The Kier molecular flexibility index (Phi) is 4.62. The number of carbonyl (C=O) groups is 1. The van der Waals surface area contributed by atoms with Crippen LogP contribution in [0.5, 0.6) is 5.75 Å². The van der Waals surface area contributed by atoms with E-state index in [1.807, 2.05) is 0 Å². The molecule has 0 radical (unpaired) electrons. The lowest BCUT2D eigenvalue weighted by molar-refractivity contribution is -0.384. The third kappa shape index (κ3) is 3.17. The van der Waals surface area contributed by atoms with Gasteiger partial charge < -0.3 is 10.1 Å². The fourth-order valence-corrected chi connectivity index (χ4v) is 2.09. The first kappa shape index (κ1) is 15.8. The summed E-state index contributed by atoms with van der Waals surface area (Å²) in [5.41, 5.74) is 1.14. The molecule has 1 N–H and O–H groups in total. The molecule has 0 aromatic heterocycles. The van der Waals surface area contributed by atoms with E-state index in [4.69, 9.17) is 16.3 Å². The second-order valence-corrected chi connectivity index (χ2v) is 4.92. The van der Waals surface area contributed by atoms with Crippen LogP contribution in [-0.2, 0) is 0 Å². The number of non-ortho nitro benzene ring substituents is 1. The van der Waals surface area contributed by atoms with Gasteiger partial charge >= 0.3 is 0 Å². The van der Waals surface area contributed by atoms with Gasteiger partial charge in [0.1, 0.15) is 5.75 Å². The monoisotopic (exact) mass is 320 g/mol. The number of amides is 1. The average molecular weight is 321 g/mol. The Hall–Kier alpha value is -2.60. The van der Waals surface area contributed by atoms with Gasteiger partial charge in [-0.25, -0.2) is 0 Å². The summed E-state index contributed by atoms with van der Waals surface area (Å²) in [5.74, 6) is -0.256.